The molecule has 7 aromatic carbocycles. The Bertz CT molecular complexity index is 2520. The van der Waals surface area contributed by atoms with Gasteiger partial charge in [-0.1, -0.05) is 152 Å². The summed E-state index contributed by atoms with van der Waals surface area (Å²) in [5.74, 6) is 1.89. The summed E-state index contributed by atoms with van der Waals surface area (Å²) < 4.78 is 2.37. The Kier molecular flexibility index (Phi) is 7.10. The average Bonchev–Trinajstić information content (AvgIpc) is 3.52. The second-order valence-electron chi connectivity index (χ2n) is 12.1. The number of hydrogen-bond donors (Lipinski definition) is 0. The van der Waals surface area contributed by atoms with Gasteiger partial charge in [-0.15, -0.1) is 0 Å². The van der Waals surface area contributed by atoms with E-state index in [-0.39, 0.29) is 0 Å². The molecule has 0 aliphatic rings. The Balaban J connectivity index is 1.34. The Morgan fingerprint density at radius 3 is 1.35 bits per heavy atom. The highest BCUT2D eigenvalue weighted by Gasteiger charge is 2.20. The van der Waals surface area contributed by atoms with Crippen LogP contribution < -0.4 is 0 Å². The summed E-state index contributed by atoms with van der Waals surface area (Å²) in [6.07, 6.45) is 0. The van der Waals surface area contributed by atoms with Crippen molar-refractivity contribution in [2.24, 2.45) is 0 Å². The van der Waals surface area contributed by atoms with E-state index in [1.807, 2.05) is 60.7 Å². The number of para-hydroxylation sites is 1. The fraction of sp³-hybridized carbons (Fsp3) is 0. The highest BCUT2D eigenvalue weighted by Crippen LogP contribution is 2.39. The van der Waals surface area contributed by atoms with Crippen molar-refractivity contribution in [1.29, 1.82) is 0 Å². The van der Waals surface area contributed by atoms with E-state index in [0.717, 1.165) is 44.5 Å². The van der Waals surface area contributed by atoms with Crippen molar-refractivity contribution in [2.75, 3.05) is 0 Å². The van der Waals surface area contributed by atoms with Gasteiger partial charge in [-0.05, 0) is 52.6 Å². The summed E-state index contributed by atoms with van der Waals surface area (Å²) in [7, 11) is 0. The summed E-state index contributed by atoms with van der Waals surface area (Å²) in [5.41, 5.74) is 10.7. The van der Waals surface area contributed by atoms with Crippen LogP contribution in [0.5, 0.6) is 0 Å². The van der Waals surface area contributed by atoms with Crippen molar-refractivity contribution in [2.45, 2.75) is 0 Å². The van der Waals surface area contributed by atoms with Gasteiger partial charge >= 0.3 is 0 Å². The van der Waals surface area contributed by atoms with Gasteiger partial charge in [0.05, 0.1) is 16.7 Å². The molecule has 9 aromatic rings. The molecule has 0 radical (unpaired) electrons. The van der Waals surface area contributed by atoms with E-state index >= 15 is 0 Å². The molecule has 0 saturated carbocycles. The second kappa shape index (κ2) is 12.2. The molecule has 0 N–H and O–H groups in total. The molecule has 0 spiro atoms. The monoisotopic (exact) mass is 626 g/mol. The molecule has 9 rings (SSSR count). The normalized spacial score (nSPS) is 11.3. The van der Waals surface area contributed by atoms with Crippen LogP contribution in [0.15, 0.2) is 182 Å². The summed E-state index contributed by atoms with van der Waals surface area (Å²) in [6.45, 7) is 0. The lowest BCUT2D eigenvalue weighted by atomic mass is 10.0. The highest BCUT2D eigenvalue weighted by molar-refractivity contribution is 6.11. The van der Waals surface area contributed by atoms with Crippen LogP contribution in [0.2, 0.25) is 0 Å². The second-order valence-corrected chi connectivity index (χ2v) is 12.1. The van der Waals surface area contributed by atoms with Crippen LogP contribution in [-0.4, -0.2) is 19.5 Å². The van der Waals surface area contributed by atoms with Gasteiger partial charge in [0, 0.05) is 27.5 Å². The molecule has 0 saturated heterocycles. The van der Waals surface area contributed by atoms with Crippen LogP contribution in [0, 0.1) is 0 Å². The molecule has 0 aliphatic heterocycles. The molecule has 2 aromatic heterocycles. The van der Waals surface area contributed by atoms with Gasteiger partial charge in [0.1, 0.15) is 0 Å². The van der Waals surface area contributed by atoms with E-state index in [2.05, 4.69) is 126 Å². The fourth-order valence-electron chi connectivity index (χ4n) is 6.69. The molecular formula is C45H30N4. The lowest BCUT2D eigenvalue weighted by Gasteiger charge is -2.16. The van der Waals surface area contributed by atoms with Gasteiger partial charge in [-0.3, -0.25) is 0 Å². The van der Waals surface area contributed by atoms with Crippen LogP contribution in [0.25, 0.3) is 83.9 Å². The topological polar surface area (TPSA) is 43.6 Å². The van der Waals surface area contributed by atoms with Crippen molar-refractivity contribution in [1.82, 2.24) is 19.5 Å². The maximum absolute atomic E-state index is 5.15. The number of rotatable bonds is 6. The van der Waals surface area contributed by atoms with Crippen molar-refractivity contribution in [3.8, 4) is 62.1 Å². The van der Waals surface area contributed by atoms with E-state index in [4.69, 9.17) is 15.0 Å². The van der Waals surface area contributed by atoms with Crippen LogP contribution >= 0.6 is 0 Å². The summed E-state index contributed by atoms with van der Waals surface area (Å²) in [5, 5.41) is 2.38. The van der Waals surface area contributed by atoms with E-state index in [1.165, 1.54) is 21.9 Å². The summed E-state index contributed by atoms with van der Waals surface area (Å²) in [4.78, 5) is 15.3. The first-order valence-electron chi connectivity index (χ1n) is 16.5. The Morgan fingerprint density at radius 1 is 0.306 bits per heavy atom. The zero-order chi connectivity index (χ0) is 32.6. The number of fused-ring (bicyclic) bond motifs is 3. The van der Waals surface area contributed by atoms with Crippen molar-refractivity contribution in [3.63, 3.8) is 0 Å². The quantitative estimate of drug-likeness (QED) is 0.184. The zero-order valence-electron chi connectivity index (χ0n) is 26.6. The van der Waals surface area contributed by atoms with E-state index in [9.17, 15) is 0 Å². The van der Waals surface area contributed by atoms with Gasteiger partial charge in [-0.2, -0.15) is 0 Å². The first-order chi connectivity index (χ1) is 24.3. The van der Waals surface area contributed by atoms with Crippen LogP contribution in [0.1, 0.15) is 0 Å². The predicted molar refractivity (Wildman–Crippen MR) is 201 cm³/mol. The van der Waals surface area contributed by atoms with Crippen LogP contribution in [0.4, 0.5) is 0 Å². The maximum Gasteiger partial charge on any atom is 0.166 e. The molecule has 0 amide bonds. The Morgan fingerprint density at radius 2 is 0.755 bits per heavy atom. The largest absolute Gasteiger partial charge is 0.308 e. The first-order valence-corrected chi connectivity index (χ1v) is 16.5. The number of nitrogens with zero attached hydrogens (tertiary/aromatic N) is 4. The molecule has 4 heteroatoms. The highest BCUT2D eigenvalue weighted by atomic mass is 15.1. The molecule has 230 valence electrons. The molecule has 49 heavy (non-hydrogen) atoms. The first kappa shape index (κ1) is 28.6. The SMILES string of the molecule is c1ccc(-c2ccc(-c3nc(-c4ccccc4)nc(-c4ccccc4)n3)c(-n3c4ccccc4c4cc(-c5ccccc5)ccc43)c2)cc1. The van der Waals surface area contributed by atoms with Gasteiger partial charge < -0.3 is 4.57 Å². The minimum Gasteiger partial charge on any atom is -0.308 e. The van der Waals surface area contributed by atoms with Crippen molar-refractivity contribution < 1.29 is 0 Å². The van der Waals surface area contributed by atoms with Crippen LogP contribution in [0.3, 0.4) is 0 Å². The molecule has 0 atom stereocenters. The van der Waals surface area contributed by atoms with Gasteiger partial charge in [0.25, 0.3) is 0 Å². The standard InChI is InChI=1S/C45H30N4/c1-5-15-31(16-6-1)35-26-28-41-39(29-35)37-23-13-14-24-40(37)49(41)42-30-36(32-17-7-2-8-18-32)25-27-38(42)45-47-43(33-19-9-3-10-20-33)46-44(48-45)34-21-11-4-12-22-34/h1-30H. The van der Waals surface area contributed by atoms with E-state index in [1.54, 1.807) is 0 Å². The Hall–Kier alpha value is -6.65. The number of benzene rings is 7. The lowest BCUT2D eigenvalue weighted by molar-refractivity contribution is 1.06. The molecule has 0 bridgehead atoms. The average molecular weight is 627 g/mol. The number of aromatic nitrogens is 4. The maximum atomic E-state index is 5.15. The van der Waals surface area contributed by atoms with Crippen molar-refractivity contribution in [3.05, 3.63) is 182 Å². The zero-order valence-corrected chi connectivity index (χ0v) is 26.6. The van der Waals surface area contributed by atoms with Gasteiger partial charge in [0.15, 0.2) is 17.5 Å². The van der Waals surface area contributed by atoms with E-state index < -0.39 is 0 Å². The Labute approximate surface area is 284 Å². The van der Waals surface area contributed by atoms with Crippen molar-refractivity contribution >= 4 is 21.8 Å². The predicted octanol–water partition coefficient (Wildman–Crippen LogP) is 11.3. The minimum absolute atomic E-state index is 0.620. The molecule has 0 aliphatic carbocycles. The van der Waals surface area contributed by atoms with E-state index in [0.29, 0.717) is 17.5 Å². The number of hydrogen-bond acceptors (Lipinski definition) is 3. The third-order valence-electron chi connectivity index (χ3n) is 9.07. The summed E-state index contributed by atoms with van der Waals surface area (Å²) >= 11 is 0. The van der Waals surface area contributed by atoms with Gasteiger partial charge in [0.2, 0.25) is 0 Å². The third-order valence-corrected chi connectivity index (χ3v) is 9.07. The smallest absolute Gasteiger partial charge is 0.166 e. The minimum atomic E-state index is 0.620. The molecule has 4 nitrogen and oxygen atoms in total. The molecule has 0 fully saturated rings. The van der Waals surface area contributed by atoms with Crippen LogP contribution in [-0.2, 0) is 0 Å². The summed E-state index contributed by atoms with van der Waals surface area (Å²) in [6, 6.07) is 63.4. The third kappa shape index (κ3) is 5.26. The van der Waals surface area contributed by atoms with Gasteiger partial charge in [-0.25, -0.2) is 15.0 Å². The molecular weight excluding hydrogens is 597 g/mol. The fourth-order valence-corrected chi connectivity index (χ4v) is 6.69. The molecule has 2 heterocycles. The molecule has 0 unspecified atom stereocenters. The lowest BCUT2D eigenvalue weighted by Crippen LogP contribution is -2.04.